The SMILES string of the molecule is CC(C)[C@@H]1CC[C@@H]2[C@H](CC[C@@H]3[C@@](C)(CO)CCC[C@@]23C)C1. The van der Waals surface area contributed by atoms with E-state index in [1.165, 1.54) is 51.4 Å². The number of fused-ring (bicyclic) bond motifs is 3. The van der Waals surface area contributed by atoms with E-state index in [2.05, 4.69) is 27.7 Å². The Bertz CT molecular complexity index is 376. The van der Waals surface area contributed by atoms with E-state index in [-0.39, 0.29) is 5.41 Å². The summed E-state index contributed by atoms with van der Waals surface area (Å²) in [6, 6.07) is 0. The molecule has 0 saturated heterocycles. The molecule has 0 amide bonds. The molecule has 0 aromatic carbocycles. The second-order valence-electron chi connectivity index (χ2n) is 9.49. The van der Waals surface area contributed by atoms with Gasteiger partial charge >= 0.3 is 0 Å². The average Bonchev–Trinajstić information content (AvgIpc) is 2.46. The molecule has 3 aliphatic rings. The minimum Gasteiger partial charge on any atom is -0.396 e. The van der Waals surface area contributed by atoms with Crippen LogP contribution in [0.2, 0.25) is 0 Å². The first-order valence-corrected chi connectivity index (χ1v) is 9.51. The van der Waals surface area contributed by atoms with Gasteiger partial charge in [0.05, 0.1) is 0 Å². The van der Waals surface area contributed by atoms with Crippen LogP contribution in [-0.2, 0) is 0 Å². The fourth-order valence-electron chi connectivity index (χ4n) is 6.80. The van der Waals surface area contributed by atoms with Crippen LogP contribution in [-0.4, -0.2) is 11.7 Å². The Labute approximate surface area is 131 Å². The Kier molecular flexibility index (Phi) is 4.19. The van der Waals surface area contributed by atoms with Gasteiger partial charge in [-0.25, -0.2) is 0 Å². The second kappa shape index (κ2) is 5.55. The van der Waals surface area contributed by atoms with Crippen LogP contribution in [0.5, 0.6) is 0 Å². The van der Waals surface area contributed by atoms with E-state index >= 15 is 0 Å². The molecular formula is C20H36O. The summed E-state index contributed by atoms with van der Waals surface area (Å²) in [5.74, 6) is 4.52. The first-order chi connectivity index (χ1) is 9.90. The van der Waals surface area contributed by atoms with Crippen LogP contribution < -0.4 is 0 Å². The monoisotopic (exact) mass is 292 g/mol. The molecule has 0 aromatic rings. The van der Waals surface area contributed by atoms with Crippen molar-refractivity contribution in [2.45, 2.75) is 79.1 Å². The van der Waals surface area contributed by atoms with Crippen LogP contribution in [0.15, 0.2) is 0 Å². The molecule has 21 heavy (non-hydrogen) atoms. The molecule has 0 spiro atoms. The summed E-state index contributed by atoms with van der Waals surface area (Å²) < 4.78 is 0. The van der Waals surface area contributed by atoms with Gasteiger partial charge in [0.15, 0.2) is 0 Å². The molecule has 6 atom stereocenters. The van der Waals surface area contributed by atoms with Crippen molar-refractivity contribution in [3.63, 3.8) is 0 Å². The molecule has 0 unspecified atom stereocenters. The zero-order chi connectivity index (χ0) is 15.3. The lowest BCUT2D eigenvalue weighted by atomic mass is 9.44. The third-order valence-corrected chi connectivity index (χ3v) is 8.10. The van der Waals surface area contributed by atoms with Crippen LogP contribution in [0.3, 0.4) is 0 Å². The third-order valence-electron chi connectivity index (χ3n) is 8.10. The third kappa shape index (κ3) is 2.48. The largest absolute Gasteiger partial charge is 0.396 e. The van der Waals surface area contributed by atoms with E-state index in [0.29, 0.717) is 12.0 Å². The smallest absolute Gasteiger partial charge is 0.0487 e. The molecule has 0 aliphatic heterocycles. The number of rotatable bonds is 2. The average molecular weight is 293 g/mol. The highest BCUT2D eigenvalue weighted by molar-refractivity contribution is 5.05. The van der Waals surface area contributed by atoms with Gasteiger partial charge in [0.2, 0.25) is 0 Å². The minimum absolute atomic E-state index is 0.201. The molecule has 1 nitrogen and oxygen atoms in total. The zero-order valence-electron chi connectivity index (χ0n) is 14.7. The van der Waals surface area contributed by atoms with Crippen LogP contribution >= 0.6 is 0 Å². The number of aliphatic hydroxyl groups excluding tert-OH is 1. The van der Waals surface area contributed by atoms with Gasteiger partial charge in [0.25, 0.3) is 0 Å². The van der Waals surface area contributed by atoms with Gasteiger partial charge in [-0.15, -0.1) is 0 Å². The number of hydrogen-bond donors (Lipinski definition) is 1. The minimum atomic E-state index is 0.201. The number of hydrogen-bond acceptors (Lipinski definition) is 1. The summed E-state index contributed by atoms with van der Waals surface area (Å²) >= 11 is 0. The highest BCUT2D eigenvalue weighted by Gasteiger charge is 2.56. The predicted octanol–water partition coefficient (Wildman–Crippen LogP) is 5.27. The fourth-order valence-corrected chi connectivity index (χ4v) is 6.80. The maximum absolute atomic E-state index is 10.0. The van der Waals surface area contributed by atoms with Crippen molar-refractivity contribution >= 4 is 0 Å². The molecule has 1 heteroatoms. The lowest BCUT2D eigenvalue weighted by Gasteiger charge is -2.61. The van der Waals surface area contributed by atoms with Crippen molar-refractivity contribution in [2.24, 2.45) is 40.4 Å². The summed E-state index contributed by atoms with van der Waals surface area (Å²) in [4.78, 5) is 0. The van der Waals surface area contributed by atoms with Crippen molar-refractivity contribution in [2.75, 3.05) is 6.61 Å². The van der Waals surface area contributed by atoms with E-state index in [0.717, 1.165) is 29.6 Å². The zero-order valence-corrected chi connectivity index (χ0v) is 14.7. The van der Waals surface area contributed by atoms with Gasteiger partial charge in [-0.3, -0.25) is 0 Å². The van der Waals surface area contributed by atoms with Crippen LogP contribution in [0.25, 0.3) is 0 Å². The molecule has 0 aromatic heterocycles. The molecule has 1 N–H and O–H groups in total. The van der Waals surface area contributed by atoms with Crippen molar-refractivity contribution < 1.29 is 5.11 Å². The molecule has 3 aliphatic carbocycles. The first-order valence-electron chi connectivity index (χ1n) is 9.51. The van der Waals surface area contributed by atoms with Crippen LogP contribution in [0.4, 0.5) is 0 Å². The van der Waals surface area contributed by atoms with E-state index in [4.69, 9.17) is 0 Å². The van der Waals surface area contributed by atoms with Gasteiger partial charge in [0.1, 0.15) is 0 Å². The first kappa shape index (κ1) is 15.8. The van der Waals surface area contributed by atoms with E-state index in [1.807, 2.05) is 0 Å². The van der Waals surface area contributed by atoms with Gasteiger partial charge in [-0.05, 0) is 85.4 Å². The Balaban J connectivity index is 1.82. The van der Waals surface area contributed by atoms with Crippen molar-refractivity contribution in [1.29, 1.82) is 0 Å². The lowest BCUT2D eigenvalue weighted by molar-refractivity contribution is -0.135. The molecule has 3 rings (SSSR count). The Morgan fingerprint density at radius 2 is 1.81 bits per heavy atom. The quantitative estimate of drug-likeness (QED) is 0.734. The van der Waals surface area contributed by atoms with E-state index < -0.39 is 0 Å². The molecule has 3 fully saturated rings. The summed E-state index contributed by atoms with van der Waals surface area (Å²) in [6.07, 6.45) is 11.2. The standard InChI is InChI=1S/C20H36O/c1-14(2)15-6-8-17-16(12-15)7-9-18-19(3,13-21)10-5-11-20(17,18)4/h14-18,21H,5-13H2,1-4H3/t15-,16-,17-,18-,19-,20+/m1/s1. The molecule has 0 bridgehead atoms. The normalized spacial score (nSPS) is 50.6. The van der Waals surface area contributed by atoms with Gasteiger partial charge in [0, 0.05) is 6.61 Å². The molecular weight excluding hydrogens is 256 g/mol. The maximum Gasteiger partial charge on any atom is 0.0487 e. The highest BCUT2D eigenvalue weighted by atomic mass is 16.3. The Morgan fingerprint density at radius 1 is 1.05 bits per heavy atom. The van der Waals surface area contributed by atoms with Crippen LogP contribution in [0.1, 0.15) is 79.1 Å². The van der Waals surface area contributed by atoms with E-state index in [1.54, 1.807) is 0 Å². The van der Waals surface area contributed by atoms with Crippen molar-refractivity contribution in [1.82, 2.24) is 0 Å². The van der Waals surface area contributed by atoms with Crippen molar-refractivity contribution in [3.8, 4) is 0 Å². The Morgan fingerprint density at radius 3 is 2.48 bits per heavy atom. The van der Waals surface area contributed by atoms with Crippen LogP contribution in [0, 0.1) is 40.4 Å². The van der Waals surface area contributed by atoms with Gasteiger partial charge in [-0.1, -0.05) is 34.1 Å². The summed E-state index contributed by atoms with van der Waals surface area (Å²) in [6.45, 7) is 10.2. The molecule has 3 saturated carbocycles. The summed E-state index contributed by atoms with van der Waals surface area (Å²) in [5.41, 5.74) is 0.716. The van der Waals surface area contributed by atoms with Gasteiger partial charge in [-0.2, -0.15) is 0 Å². The maximum atomic E-state index is 10.0. The Hall–Kier alpha value is -0.0400. The fraction of sp³-hybridized carbons (Fsp3) is 1.00. The lowest BCUT2D eigenvalue weighted by Crippen LogP contribution is -2.54. The predicted molar refractivity (Wildman–Crippen MR) is 89.0 cm³/mol. The number of aliphatic hydroxyl groups is 1. The molecule has 0 heterocycles. The molecule has 122 valence electrons. The van der Waals surface area contributed by atoms with Gasteiger partial charge < -0.3 is 5.11 Å². The van der Waals surface area contributed by atoms with E-state index in [9.17, 15) is 5.11 Å². The topological polar surface area (TPSA) is 20.2 Å². The summed E-state index contributed by atoms with van der Waals surface area (Å²) in [5, 5.41) is 10.0. The second-order valence-corrected chi connectivity index (χ2v) is 9.49. The van der Waals surface area contributed by atoms with Crippen molar-refractivity contribution in [3.05, 3.63) is 0 Å². The molecule has 0 radical (unpaired) electrons. The summed E-state index contributed by atoms with van der Waals surface area (Å²) in [7, 11) is 0. The highest BCUT2D eigenvalue weighted by Crippen LogP contribution is 2.64.